The molecular weight excluding hydrogens is 384 g/mol. The standard InChI is InChI=1S/C24H29F2N3O/c1-28-11-5-6-17-14-18(8-10-22(17)28)23(29-12-3-2-4-13-29)16-27-24(30)19-7-9-20(25)21(26)15-19/h7-10,14-15,23H,2-6,11-13,16H2,1H3,(H,27,30). The molecule has 1 saturated heterocycles. The lowest BCUT2D eigenvalue weighted by molar-refractivity contribution is 0.0924. The molecule has 4 nitrogen and oxygen atoms in total. The smallest absolute Gasteiger partial charge is 0.251 e. The summed E-state index contributed by atoms with van der Waals surface area (Å²) < 4.78 is 26.7. The molecule has 2 aromatic rings. The number of nitrogens with zero attached hydrogens (tertiary/aromatic N) is 2. The Hall–Kier alpha value is -2.47. The second kappa shape index (κ2) is 9.13. The van der Waals surface area contributed by atoms with Gasteiger partial charge in [-0.3, -0.25) is 9.69 Å². The zero-order valence-corrected chi connectivity index (χ0v) is 17.5. The number of likely N-dealkylation sites (tertiary alicyclic amines) is 1. The molecule has 1 N–H and O–H groups in total. The molecule has 2 heterocycles. The highest BCUT2D eigenvalue weighted by molar-refractivity contribution is 5.94. The van der Waals surface area contributed by atoms with Crippen molar-refractivity contribution < 1.29 is 13.6 Å². The first-order chi connectivity index (χ1) is 14.5. The van der Waals surface area contributed by atoms with E-state index in [0.717, 1.165) is 57.5 Å². The van der Waals surface area contributed by atoms with Crippen LogP contribution in [0.5, 0.6) is 0 Å². The van der Waals surface area contributed by atoms with E-state index in [2.05, 4.69) is 40.4 Å². The van der Waals surface area contributed by atoms with Gasteiger partial charge in [0.2, 0.25) is 0 Å². The average molecular weight is 414 g/mol. The summed E-state index contributed by atoms with van der Waals surface area (Å²) in [6.45, 7) is 3.52. The van der Waals surface area contributed by atoms with E-state index in [1.54, 1.807) is 0 Å². The van der Waals surface area contributed by atoms with Gasteiger partial charge in [-0.2, -0.15) is 0 Å². The van der Waals surface area contributed by atoms with Gasteiger partial charge in [0.25, 0.3) is 5.91 Å². The molecule has 0 aliphatic carbocycles. The number of benzene rings is 2. The van der Waals surface area contributed by atoms with E-state index in [1.165, 1.54) is 29.3 Å². The van der Waals surface area contributed by atoms with Gasteiger partial charge in [-0.1, -0.05) is 18.6 Å². The molecule has 0 radical (unpaired) electrons. The molecule has 0 saturated carbocycles. The Morgan fingerprint density at radius 3 is 2.57 bits per heavy atom. The summed E-state index contributed by atoms with van der Waals surface area (Å²) in [7, 11) is 2.13. The van der Waals surface area contributed by atoms with E-state index in [4.69, 9.17) is 0 Å². The van der Waals surface area contributed by atoms with Gasteiger partial charge in [0, 0.05) is 31.4 Å². The number of rotatable bonds is 5. The molecule has 0 spiro atoms. The van der Waals surface area contributed by atoms with Crippen LogP contribution in [0.25, 0.3) is 0 Å². The normalized spacial score (nSPS) is 18.0. The lowest BCUT2D eigenvalue weighted by Gasteiger charge is -2.36. The van der Waals surface area contributed by atoms with E-state index >= 15 is 0 Å². The van der Waals surface area contributed by atoms with Crippen LogP contribution in [0.4, 0.5) is 14.5 Å². The Morgan fingerprint density at radius 1 is 1.00 bits per heavy atom. The maximum absolute atomic E-state index is 13.5. The predicted octanol–water partition coefficient (Wildman–Crippen LogP) is 4.30. The van der Waals surface area contributed by atoms with Gasteiger partial charge in [-0.05, 0) is 74.2 Å². The Labute approximate surface area is 176 Å². The van der Waals surface area contributed by atoms with Crippen molar-refractivity contribution in [1.82, 2.24) is 10.2 Å². The number of hydrogen-bond acceptors (Lipinski definition) is 3. The molecule has 1 fully saturated rings. The summed E-state index contributed by atoms with van der Waals surface area (Å²) in [6, 6.07) is 9.98. The van der Waals surface area contributed by atoms with E-state index in [9.17, 15) is 13.6 Å². The van der Waals surface area contributed by atoms with Crippen molar-refractivity contribution in [3.05, 3.63) is 64.7 Å². The number of aryl methyl sites for hydroxylation is 1. The van der Waals surface area contributed by atoms with Crippen molar-refractivity contribution in [3.63, 3.8) is 0 Å². The van der Waals surface area contributed by atoms with Crippen LogP contribution in [0.2, 0.25) is 0 Å². The molecule has 30 heavy (non-hydrogen) atoms. The minimum Gasteiger partial charge on any atom is -0.374 e. The number of hydrogen-bond donors (Lipinski definition) is 1. The molecule has 2 aliphatic rings. The van der Waals surface area contributed by atoms with E-state index < -0.39 is 11.6 Å². The van der Waals surface area contributed by atoms with Gasteiger partial charge in [0.15, 0.2) is 11.6 Å². The van der Waals surface area contributed by atoms with Crippen molar-refractivity contribution >= 4 is 11.6 Å². The Bertz CT molecular complexity index is 911. The quantitative estimate of drug-likeness (QED) is 0.794. The van der Waals surface area contributed by atoms with Crippen LogP contribution in [-0.4, -0.2) is 44.0 Å². The maximum atomic E-state index is 13.5. The zero-order chi connectivity index (χ0) is 21.1. The number of piperidine rings is 1. The van der Waals surface area contributed by atoms with Gasteiger partial charge in [-0.25, -0.2) is 8.78 Å². The van der Waals surface area contributed by atoms with Crippen molar-refractivity contribution in [2.45, 2.75) is 38.1 Å². The molecule has 0 aromatic heterocycles. The zero-order valence-electron chi connectivity index (χ0n) is 17.5. The van der Waals surface area contributed by atoms with Crippen LogP contribution in [0.3, 0.4) is 0 Å². The average Bonchev–Trinajstić information content (AvgIpc) is 2.76. The lowest BCUT2D eigenvalue weighted by atomic mass is 9.95. The van der Waals surface area contributed by atoms with Crippen molar-refractivity contribution in [2.24, 2.45) is 0 Å². The Balaban J connectivity index is 1.54. The van der Waals surface area contributed by atoms with Crippen LogP contribution in [0.15, 0.2) is 36.4 Å². The summed E-state index contributed by atoms with van der Waals surface area (Å²) >= 11 is 0. The third kappa shape index (κ3) is 4.48. The van der Waals surface area contributed by atoms with Gasteiger partial charge in [-0.15, -0.1) is 0 Å². The Morgan fingerprint density at radius 2 is 1.80 bits per heavy atom. The number of fused-ring (bicyclic) bond motifs is 1. The second-order valence-electron chi connectivity index (χ2n) is 8.36. The number of amides is 1. The first kappa shape index (κ1) is 20.8. The third-order valence-corrected chi connectivity index (χ3v) is 6.31. The number of carbonyl (C=O) groups is 1. The fraction of sp³-hybridized carbons (Fsp3) is 0.458. The van der Waals surface area contributed by atoms with Crippen molar-refractivity contribution in [3.8, 4) is 0 Å². The van der Waals surface area contributed by atoms with E-state index in [1.807, 2.05) is 0 Å². The fourth-order valence-corrected chi connectivity index (χ4v) is 4.63. The number of nitrogens with one attached hydrogen (secondary N) is 1. The molecule has 1 atom stereocenters. The summed E-state index contributed by atoms with van der Waals surface area (Å²) in [4.78, 5) is 17.3. The van der Waals surface area contributed by atoms with Crippen LogP contribution < -0.4 is 10.2 Å². The first-order valence-corrected chi connectivity index (χ1v) is 10.8. The lowest BCUT2D eigenvalue weighted by Crippen LogP contribution is -2.40. The molecule has 6 heteroatoms. The summed E-state index contributed by atoms with van der Waals surface area (Å²) in [5, 5.41) is 2.95. The van der Waals surface area contributed by atoms with Crippen LogP contribution in [0, 0.1) is 11.6 Å². The van der Waals surface area contributed by atoms with E-state index in [0.29, 0.717) is 6.54 Å². The molecule has 0 bridgehead atoms. The SMILES string of the molecule is CN1CCCc2cc(C(CNC(=O)c3ccc(F)c(F)c3)N3CCCCC3)ccc21. The molecule has 4 rings (SSSR count). The monoisotopic (exact) mass is 413 g/mol. The highest BCUT2D eigenvalue weighted by atomic mass is 19.2. The fourth-order valence-electron chi connectivity index (χ4n) is 4.63. The molecule has 1 unspecified atom stereocenters. The Kier molecular flexibility index (Phi) is 6.32. The molecule has 2 aliphatic heterocycles. The minimum absolute atomic E-state index is 0.0667. The number of halogens is 2. The van der Waals surface area contributed by atoms with Crippen LogP contribution in [0.1, 0.15) is 53.2 Å². The number of carbonyl (C=O) groups excluding carboxylic acids is 1. The van der Waals surface area contributed by atoms with Gasteiger partial charge < -0.3 is 10.2 Å². The topological polar surface area (TPSA) is 35.6 Å². The van der Waals surface area contributed by atoms with Gasteiger partial charge >= 0.3 is 0 Å². The first-order valence-electron chi connectivity index (χ1n) is 10.8. The predicted molar refractivity (Wildman–Crippen MR) is 115 cm³/mol. The van der Waals surface area contributed by atoms with Crippen molar-refractivity contribution in [1.29, 1.82) is 0 Å². The molecule has 2 aromatic carbocycles. The summed E-state index contributed by atoms with van der Waals surface area (Å²) in [5.41, 5.74) is 3.98. The van der Waals surface area contributed by atoms with Crippen molar-refractivity contribution in [2.75, 3.05) is 38.1 Å². The van der Waals surface area contributed by atoms with Gasteiger partial charge in [0.1, 0.15) is 0 Å². The molecule has 160 valence electrons. The van der Waals surface area contributed by atoms with Crippen LogP contribution in [-0.2, 0) is 6.42 Å². The number of anilines is 1. The minimum atomic E-state index is -1.01. The molecular formula is C24H29F2N3O. The summed E-state index contributed by atoms with van der Waals surface area (Å²) in [5.74, 6) is -2.33. The van der Waals surface area contributed by atoms with Gasteiger partial charge in [0.05, 0.1) is 6.04 Å². The third-order valence-electron chi connectivity index (χ3n) is 6.31. The highest BCUT2D eigenvalue weighted by Gasteiger charge is 2.25. The van der Waals surface area contributed by atoms with Crippen LogP contribution >= 0.6 is 0 Å². The highest BCUT2D eigenvalue weighted by Crippen LogP contribution is 2.31. The largest absolute Gasteiger partial charge is 0.374 e. The van der Waals surface area contributed by atoms with E-state index in [-0.39, 0.29) is 17.5 Å². The molecule has 1 amide bonds. The summed E-state index contributed by atoms with van der Waals surface area (Å²) in [6.07, 6.45) is 5.76. The second-order valence-corrected chi connectivity index (χ2v) is 8.36. The maximum Gasteiger partial charge on any atom is 0.251 e.